The molecule has 402 valence electrons. The van der Waals surface area contributed by atoms with Gasteiger partial charge in [-0.3, -0.25) is 19.1 Å². The number of fused-ring (bicyclic) bond motifs is 10. The van der Waals surface area contributed by atoms with Gasteiger partial charge in [0.2, 0.25) is 0 Å². The Kier molecular flexibility index (Phi) is 11.4. The van der Waals surface area contributed by atoms with Gasteiger partial charge in [-0.25, -0.2) is 9.97 Å². The summed E-state index contributed by atoms with van der Waals surface area (Å²) in [5, 5.41) is 14.1. The van der Waals surface area contributed by atoms with Crippen LogP contribution in [0.15, 0.2) is 292 Å². The molecule has 5 heterocycles. The van der Waals surface area contributed by atoms with E-state index < -0.39 is 0 Å². The van der Waals surface area contributed by atoms with E-state index in [0.717, 1.165) is 88.9 Å². The average Bonchev–Trinajstić information content (AvgIpc) is 2.09. The lowest BCUT2D eigenvalue weighted by molar-refractivity contribution is 0.483. The van der Waals surface area contributed by atoms with E-state index >= 15 is 0 Å². The molecule has 0 saturated heterocycles. The lowest BCUT2D eigenvalue weighted by Gasteiger charge is -2.14. The lowest BCUT2D eigenvalue weighted by atomic mass is 9.92. The van der Waals surface area contributed by atoms with Crippen molar-refractivity contribution in [1.29, 1.82) is 0 Å². The molecule has 0 unspecified atom stereocenters. The van der Waals surface area contributed by atoms with Crippen LogP contribution in [-0.4, -0.2) is 29.1 Å². The largest absolute Gasteiger partial charge is 0.457 e. The summed E-state index contributed by atoms with van der Waals surface area (Å²) in [6, 6.07) is 93.3. The fraction of sp³-hybridized carbons (Fsp3) is 0. The Balaban J connectivity index is 0.650. The summed E-state index contributed by atoms with van der Waals surface area (Å²) in [6.07, 6.45) is 7.47. The molecular weight excluding hydrogens is 1050 g/mol. The number of hydrogen-bond donors (Lipinski definition) is 0. The number of aromatic nitrogens is 6. The van der Waals surface area contributed by atoms with E-state index in [2.05, 4.69) is 215 Å². The topological polar surface area (TPSA) is 79.9 Å². The molecule has 0 bridgehead atoms. The zero-order valence-corrected chi connectivity index (χ0v) is 46.2. The van der Waals surface area contributed by atoms with E-state index in [1.807, 2.05) is 85.5 Å². The molecule has 0 fully saturated rings. The first kappa shape index (κ1) is 48.9. The van der Waals surface area contributed by atoms with Crippen molar-refractivity contribution < 1.29 is 9.47 Å². The van der Waals surface area contributed by atoms with E-state index in [0.29, 0.717) is 23.0 Å². The molecule has 0 aliphatic rings. The van der Waals surface area contributed by atoms with E-state index in [9.17, 15) is 0 Å². The van der Waals surface area contributed by atoms with Crippen molar-refractivity contribution >= 4 is 86.7 Å². The van der Waals surface area contributed by atoms with Gasteiger partial charge in [-0.15, -0.1) is 0 Å². The highest BCUT2D eigenvalue weighted by atomic mass is 16.5. The smallest absolute Gasteiger partial charge is 0.138 e. The van der Waals surface area contributed by atoms with Gasteiger partial charge in [0.15, 0.2) is 0 Å². The molecule has 0 saturated carbocycles. The Morgan fingerprint density at radius 1 is 0.244 bits per heavy atom. The molecule has 17 rings (SSSR count). The second kappa shape index (κ2) is 20.0. The monoisotopic (exact) mass is 1100 g/mol. The van der Waals surface area contributed by atoms with Crippen LogP contribution in [0.25, 0.3) is 143 Å². The second-order valence-electron chi connectivity index (χ2n) is 21.8. The summed E-state index contributed by atoms with van der Waals surface area (Å²) in [5.74, 6) is 4.42. The maximum absolute atomic E-state index is 6.69. The summed E-state index contributed by atoms with van der Waals surface area (Å²) in [4.78, 5) is 19.9. The Morgan fingerprint density at radius 3 is 1.01 bits per heavy atom. The minimum atomic E-state index is 0.682. The van der Waals surface area contributed by atoms with Crippen LogP contribution in [-0.2, 0) is 0 Å². The van der Waals surface area contributed by atoms with Crippen LogP contribution < -0.4 is 9.47 Å². The van der Waals surface area contributed by atoms with E-state index in [1.165, 1.54) is 54.2 Å². The molecule has 0 atom stereocenters. The van der Waals surface area contributed by atoms with Crippen molar-refractivity contribution in [1.82, 2.24) is 29.1 Å². The summed E-state index contributed by atoms with van der Waals surface area (Å²) >= 11 is 0. The van der Waals surface area contributed by atoms with E-state index in [1.54, 1.807) is 0 Å². The van der Waals surface area contributed by atoms with Crippen LogP contribution in [0, 0.1) is 0 Å². The van der Waals surface area contributed by atoms with Crippen LogP contribution in [0.2, 0.25) is 0 Å². The summed E-state index contributed by atoms with van der Waals surface area (Å²) in [7, 11) is 0. The highest BCUT2D eigenvalue weighted by molar-refractivity contribution is 6.15. The Morgan fingerprint density at radius 2 is 0.605 bits per heavy atom. The molecule has 0 aliphatic carbocycles. The Hall–Kier alpha value is -11.7. The van der Waals surface area contributed by atoms with Crippen LogP contribution in [0.1, 0.15) is 0 Å². The minimum Gasteiger partial charge on any atom is -0.457 e. The molecule has 12 aromatic carbocycles. The summed E-state index contributed by atoms with van der Waals surface area (Å²) < 4.78 is 17.9. The van der Waals surface area contributed by atoms with Crippen molar-refractivity contribution in [2.24, 2.45) is 0 Å². The number of ether oxygens (including phenoxy) is 2. The molecule has 0 spiro atoms. The van der Waals surface area contributed by atoms with Gasteiger partial charge in [0.1, 0.15) is 34.6 Å². The van der Waals surface area contributed by atoms with Gasteiger partial charge < -0.3 is 9.47 Å². The predicted octanol–water partition coefficient (Wildman–Crippen LogP) is 20.3. The molecule has 0 N–H and O–H groups in total. The van der Waals surface area contributed by atoms with Gasteiger partial charge in [-0.05, 0) is 162 Å². The van der Waals surface area contributed by atoms with Crippen molar-refractivity contribution in [2.75, 3.05) is 0 Å². The normalized spacial score (nSPS) is 11.7. The molecular formula is C78H48N6O2. The van der Waals surface area contributed by atoms with Gasteiger partial charge >= 0.3 is 0 Å². The Labute approximate surface area is 493 Å². The maximum atomic E-state index is 6.69. The molecule has 8 heteroatoms. The van der Waals surface area contributed by atoms with Gasteiger partial charge in [0.05, 0.1) is 45.8 Å². The SMILES string of the molecule is c1cc(Oc2ccc3c4ccccc4n(-c4cc(-c5c6ccccc6cc6ccccc56)ccn4)c3c2)cc(-c2cnc(-c3cccc(Oc4ccc5c6ccccc6n(-c6cc(-c7c8ccccc8cc8ccccc78)ccn6)c5c4)c3)cn2)c1. The van der Waals surface area contributed by atoms with Gasteiger partial charge in [0.25, 0.3) is 0 Å². The standard InChI is InChI=1S/C78H48N6O2/c1-5-23-61-49(15-1)39-50-16-2-6-24-62(50)77(61)55-35-37-79-75(43-55)83-71-29-11-9-27-65(71)67-33-31-59(45-73(67)83)85-57-21-13-19-53(41-57)69-47-82-70(48-81-69)54-20-14-22-58(42-54)86-60-32-34-68-66-28-10-12-30-72(66)84(74(68)46-60)76-44-56(36-38-80-76)78-63-25-7-3-17-51(63)40-52-18-4-8-26-64(52)78/h1-48H. The van der Waals surface area contributed by atoms with E-state index in [4.69, 9.17) is 29.4 Å². The summed E-state index contributed by atoms with van der Waals surface area (Å²) in [5.41, 5.74) is 11.9. The number of hydrogen-bond acceptors (Lipinski definition) is 6. The quantitative estimate of drug-likeness (QED) is 0.127. The lowest BCUT2D eigenvalue weighted by Crippen LogP contribution is -1.98. The number of benzene rings is 12. The Bertz CT molecular complexity index is 5120. The summed E-state index contributed by atoms with van der Waals surface area (Å²) in [6.45, 7) is 0. The highest BCUT2D eigenvalue weighted by Crippen LogP contribution is 2.42. The molecule has 86 heavy (non-hydrogen) atoms. The van der Waals surface area contributed by atoms with Crippen LogP contribution >= 0.6 is 0 Å². The molecule has 5 aromatic heterocycles. The second-order valence-corrected chi connectivity index (χ2v) is 21.8. The predicted molar refractivity (Wildman–Crippen MR) is 351 cm³/mol. The van der Waals surface area contributed by atoms with Crippen molar-refractivity contribution in [3.05, 3.63) is 292 Å². The van der Waals surface area contributed by atoms with Crippen LogP contribution in [0.3, 0.4) is 0 Å². The first-order valence-electron chi connectivity index (χ1n) is 28.8. The molecule has 0 radical (unpaired) electrons. The minimum absolute atomic E-state index is 0.682. The van der Waals surface area contributed by atoms with Gasteiger partial charge in [-0.1, -0.05) is 158 Å². The van der Waals surface area contributed by atoms with E-state index in [-0.39, 0.29) is 0 Å². The number of nitrogens with zero attached hydrogens (tertiary/aromatic N) is 6. The zero-order chi connectivity index (χ0) is 56.7. The van der Waals surface area contributed by atoms with Gasteiger partial charge in [0, 0.05) is 57.2 Å². The molecule has 17 aromatic rings. The maximum Gasteiger partial charge on any atom is 0.138 e. The zero-order valence-electron chi connectivity index (χ0n) is 46.2. The van der Waals surface area contributed by atoms with Crippen LogP contribution in [0.4, 0.5) is 0 Å². The number of pyridine rings is 2. The molecule has 0 amide bonds. The number of para-hydroxylation sites is 2. The first-order valence-corrected chi connectivity index (χ1v) is 28.8. The fourth-order valence-corrected chi connectivity index (χ4v) is 12.9. The average molecular weight is 1100 g/mol. The van der Waals surface area contributed by atoms with Crippen molar-refractivity contribution in [3.63, 3.8) is 0 Å². The first-order chi connectivity index (χ1) is 42.6. The van der Waals surface area contributed by atoms with Crippen molar-refractivity contribution in [2.45, 2.75) is 0 Å². The molecule has 8 nitrogen and oxygen atoms in total. The fourth-order valence-electron chi connectivity index (χ4n) is 12.9. The third-order valence-corrected chi connectivity index (χ3v) is 16.7. The third kappa shape index (κ3) is 8.30. The van der Waals surface area contributed by atoms with Crippen LogP contribution in [0.5, 0.6) is 23.0 Å². The third-order valence-electron chi connectivity index (χ3n) is 16.7. The van der Waals surface area contributed by atoms with Gasteiger partial charge in [-0.2, -0.15) is 0 Å². The number of rotatable bonds is 10. The molecule has 0 aliphatic heterocycles. The van der Waals surface area contributed by atoms with Crippen molar-refractivity contribution in [3.8, 4) is 79.4 Å². The highest BCUT2D eigenvalue weighted by Gasteiger charge is 2.20.